The molecule has 0 aliphatic carbocycles. The van der Waals surface area contributed by atoms with Crippen molar-refractivity contribution in [3.8, 4) is 5.69 Å². The van der Waals surface area contributed by atoms with E-state index >= 15 is 0 Å². The van der Waals surface area contributed by atoms with Gasteiger partial charge >= 0.3 is 0 Å². The lowest BCUT2D eigenvalue weighted by molar-refractivity contribution is 0.0779. The van der Waals surface area contributed by atoms with Gasteiger partial charge in [0.1, 0.15) is 0 Å². The van der Waals surface area contributed by atoms with E-state index < -0.39 is 0 Å². The van der Waals surface area contributed by atoms with Gasteiger partial charge in [-0.2, -0.15) is 5.10 Å². The minimum atomic E-state index is -0.188. The van der Waals surface area contributed by atoms with Crippen molar-refractivity contribution in [2.75, 3.05) is 7.05 Å². The number of rotatable bonds is 6. The number of hydrogen-bond donors (Lipinski definition) is 0. The third-order valence-electron chi connectivity index (χ3n) is 4.52. The number of hydrogen-bond acceptors (Lipinski definition) is 4. The second kappa shape index (κ2) is 8.28. The summed E-state index contributed by atoms with van der Waals surface area (Å²) >= 11 is 6.19. The lowest BCUT2D eigenvalue weighted by Crippen LogP contribution is -2.26. The molecule has 4 aromatic rings. The van der Waals surface area contributed by atoms with Crippen molar-refractivity contribution < 1.29 is 4.79 Å². The molecule has 0 bridgehead atoms. The number of carbonyl (C=O) groups excluding carboxylic acids is 1. The van der Waals surface area contributed by atoms with Crippen LogP contribution in [-0.4, -0.2) is 42.6 Å². The van der Waals surface area contributed by atoms with Crippen molar-refractivity contribution in [3.63, 3.8) is 0 Å². The average Bonchev–Trinajstić information content (AvgIpc) is 3.42. The van der Waals surface area contributed by atoms with E-state index in [1.54, 1.807) is 33.7 Å². The van der Waals surface area contributed by atoms with Gasteiger partial charge in [0.2, 0.25) is 0 Å². The largest absolute Gasteiger partial charge is 0.336 e. The first-order valence-electron chi connectivity index (χ1n) is 9.08. The van der Waals surface area contributed by atoms with Gasteiger partial charge in [-0.15, -0.1) is 5.10 Å². The predicted octanol–water partition coefficient (Wildman–Crippen LogP) is 3.44. The Balaban J connectivity index is 1.40. The molecule has 0 aliphatic heterocycles. The molecule has 2 heterocycles. The van der Waals surface area contributed by atoms with Gasteiger partial charge in [-0.25, -0.2) is 9.36 Å². The summed E-state index contributed by atoms with van der Waals surface area (Å²) in [5.74, 6) is -0.188. The summed E-state index contributed by atoms with van der Waals surface area (Å²) in [4.78, 5) is 14.3. The first-order chi connectivity index (χ1) is 14.1. The topological polar surface area (TPSA) is 68.8 Å². The predicted molar refractivity (Wildman–Crippen MR) is 110 cm³/mol. The van der Waals surface area contributed by atoms with E-state index in [9.17, 15) is 4.79 Å². The fraction of sp³-hybridized carbons (Fsp3) is 0.143. The highest BCUT2D eigenvalue weighted by molar-refractivity contribution is 6.31. The summed E-state index contributed by atoms with van der Waals surface area (Å²) in [5, 5.41) is 12.9. The van der Waals surface area contributed by atoms with Crippen LogP contribution in [0.4, 0.5) is 0 Å². The first-order valence-corrected chi connectivity index (χ1v) is 9.46. The SMILES string of the molecule is CN(Cc1ccc(-n2cccn2)cc1)C(=O)c1cn(Cc2ccccc2Cl)nn1. The number of nitrogens with zero attached hydrogens (tertiary/aromatic N) is 6. The van der Waals surface area contributed by atoms with E-state index in [1.807, 2.05) is 60.8 Å². The molecule has 2 aromatic carbocycles. The molecule has 146 valence electrons. The molecule has 0 fully saturated rings. The molecular weight excluding hydrogens is 388 g/mol. The summed E-state index contributed by atoms with van der Waals surface area (Å²) in [6, 6.07) is 17.3. The molecular formula is C21H19ClN6O. The van der Waals surface area contributed by atoms with Crippen LogP contribution in [-0.2, 0) is 13.1 Å². The number of aromatic nitrogens is 5. The maximum atomic E-state index is 12.7. The summed E-state index contributed by atoms with van der Waals surface area (Å²) in [6.45, 7) is 0.925. The van der Waals surface area contributed by atoms with Crippen molar-refractivity contribution in [2.24, 2.45) is 0 Å². The monoisotopic (exact) mass is 406 g/mol. The number of carbonyl (C=O) groups is 1. The fourth-order valence-electron chi connectivity index (χ4n) is 2.99. The van der Waals surface area contributed by atoms with Crippen molar-refractivity contribution in [1.29, 1.82) is 0 Å². The van der Waals surface area contributed by atoms with E-state index in [0.717, 1.165) is 16.8 Å². The average molecular weight is 407 g/mol. The smallest absolute Gasteiger partial charge is 0.276 e. The fourth-order valence-corrected chi connectivity index (χ4v) is 3.19. The standard InChI is InChI=1S/C21H19ClN6O/c1-26(13-16-7-9-18(10-8-16)28-12-4-11-23-28)21(29)20-15-27(25-24-20)14-17-5-2-3-6-19(17)22/h2-12,15H,13-14H2,1H3. The van der Waals surface area contributed by atoms with Gasteiger partial charge in [-0.05, 0) is 35.4 Å². The zero-order chi connectivity index (χ0) is 20.2. The van der Waals surface area contributed by atoms with Gasteiger partial charge in [0.05, 0.1) is 18.4 Å². The van der Waals surface area contributed by atoms with Gasteiger partial charge < -0.3 is 4.90 Å². The van der Waals surface area contributed by atoms with Crippen LogP contribution in [0.3, 0.4) is 0 Å². The molecule has 4 rings (SSSR count). The molecule has 7 nitrogen and oxygen atoms in total. The highest BCUT2D eigenvalue weighted by Crippen LogP contribution is 2.16. The maximum Gasteiger partial charge on any atom is 0.276 e. The van der Waals surface area contributed by atoms with Crippen LogP contribution in [0.2, 0.25) is 5.02 Å². The van der Waals surface area contributed by atoms with E-state index in [2.05, 4.69) is 15.4 Å². The Morgan fingerprint density at radius 1 is 1.10 bits per heavy atom. The maximum absolute atomic E-state index is 12.7. The van der Waals surface area contributed by atoms with Crippen LogP contribution >= 0.6 is 11.6 Å². The second-order valence-electron chi connectivity index (χ2n) is 6.67. The van der Waals surface area contributed by atoms with Crippen LogP contribution in [0.25, 0.3) is 5.69 Å². The van der Waals surface area contributed by atoms with Crippen molar-refractivity contribution >= 4 is 17.5 Å². The molecule has 0 aliphatic rings. The number of halogens is 1. The molecule has 0 N–H and O–H groups in total. The van der Waals surface area contributed by atoms with Crippen LogP contribution in [0.5, 0.6) is 0 Å². The molecule has 0 spiro atoms. The minimum Gasteiger partial charge on any atom is -0.336 e. The Bertz CT molecular complexity index is 1100. The molecule has 29 heavy (non-hydrogen) atoms. The van der Waals surface area contributed by atoms with Crippen molar-refractivity contribution in [2.45, 2.75) is 13.1 Å². The Morgan fingerprint density at radius 3 is 2.62 bits per heavy atom. The number of benzene rings is 2. The highest BCUT2D eigenvalue weighted by atomic mass is 35.5. The van der Waals surface area contributed by atoms with Crippen molar-refractivity contribution in [1.82, 2.24) is 29.7 Å². The first kappa shape index (κ1) is 18.9. The van der Waals surface area contributed by atoms with Gasteiger partial charge in [0, 0.05) is 31.0 Å². The Hall–Kier alpha value is -3.45. The molecule has 0 saturated heterocycles. The zero-order valence-corrected chi connectivity index (χ0v) is 16.6. The summed E-state index contributed by atoms with van der Waals surface area (Å²) in [6.07, 6.45) is 5.26. The molecule has 0 saturated carbocycles. The van der Waals surface area contributed by atoms with Crippen LogP contribution in [0.15, 0.2) is 73.2 Å². The van der Waals surface area contributed by atoms with Crippen LogP contribution < -0.4 is 0 Å². The van der Waals surface area contributed by atoms with Gasteiger partial charge in [-0.1, -0.05) is 47.1 Å². The van der Waals surface area contributed by atoms with Crippen molar-refractivity contribution in [3.05, 3.63) is 95.0 Å². The molecule has 0 radical (unpaired) electrons. The normalized spacial score (nSPS) is 10.8. The highest BCUT2D eigenvalue weighted by Gasteiger charge is 2.16. The van der Waals surface area contributed by atoms with Gasteiger partial charge in [0.15, 0.2) is 5.69 Å². The summed E-state index contributed by atoms with van der Waals surface area (Å²) < 4.78 is 3.40. The lowest BCUT2D eigenvalue weighted by atomic mass is 10.2. The third-order valence-corrected chi connectivity index (χ3v) is 4.89. The molecule has 1 amide bonds. The third kappa shape index (κ3) is 4.35. The van der Waals surface area contributed by atoms with E-state index in [1.165, 1.54) is 0 Å². The van der Waals surface area contributed by atoms with Gasteiger partial charge in [0.25, 0.3) is 5.91 Å². The van der Waals surface area contributed by atoms with E-state index in [4.69, 9.17) is 11.6 Å². The molecule has 0 atom stereocenters. The Labute approximate surface area is 173 Å². The Kier molecular flexibility index (Phi) is 5.39. The molecule has 0 unspecified atom stereocenters. The van der Waals surface area contributed by atoms with Crippen LogP contribution in [0, 0.1) is 0 Å². The quantitative estimate of drug-likeness (QED) is 0.492. The summed E-state index contributed by atoms with van der Waals surface area (Å²) in [7, 11) is 1.75. The summed E-state index contributed by atoms with van der Waals surface area (Å²) in [5.41, 5.74) is 3.20. The van der Waals surface area contributed by atoms with E-state index in [0.29, 0.717) is 23.8 Å². The molecule has 2 aromatic heterocycles. The minimum absolute atomic E-state index is 0.188. The Morgan fingerprint density at radius 2 is 1.90 bits per heavy atom. The van der Waals surface area contributed by atoms with E-state index in [-0.39, 0.29) is 5.91 Å². The molecule has 8 heteroatoms. The number of amides is 1. The van der Waals surface area contributed by atoms with Crippen LogP contribution in [0.1, 0.15) is 21.6 Å². The second-order valence-corrected chi connectivity index (χ2v) is 7.08. The van der Waals surface area contributed by atoms with Gasteiger partial charge in [-0.3, -0.25) is 4.79 Å². The lowest BCUT2D eigenvalue weighted by Gasteiger charge is -2.16. The zero-order valence-electron chi connectivity index (χ0n) is 15.8.